The molecule has 0 saturated carbocycles. The van der Waals surface area contributed by atoms with Gasteiger partial charge in [-0.3, -0.25) is 0 Å². The van der Waals surface area contributed by atoms with Gasteiger partial charge in [0.2, 0.25) is 0 Å². The monoisotopic (exact) mass is 430 g/mol. The number of ether oxygens (including phenoxy) is 3. The number of carbonyl (C=O) groups is 1. The van der Waals surface area contributed by atoms with E-state index in [0.717, 1.165) is 32.0 Å². The van der Waals surface area contributed by atoms with Crippen LogP contribution in [0.25, 0.3) is 12.2 Å². The molecule has 5 heteroatoms. The van der Waals surface area contributed by atoms with Gasteiger partial charge < -0.3 is 19.3 Å². The highest BCUT2D eigenvalue weighted by Gasteiger charge is 2.30. The topological polar surface area (TPSA) is 71.6 Å². The normalized spacial score (nSPS) is 25.4. The van der Waals surface area contributed by atoms with Crippen molar-refractivity contribution in [3.8, 4) is 0 Å². The van der Waals surface area contributed by atoms with Crippen molar-refractivity contribution in [3.63, 3.8) is 0 Å². The zero-order valence-electron chi connectivity index (χ0n) is 17.7. The first-order chi connectivity index (χ1) is 15.7. The smallest absolute Gasteiger partial charge is 0.328 e. The average molecular weight is 431 g/mol. The maximum atomic E-state index is 11.4. The van der Waals surface area contributed by atoms with Gasteiger partial charge in [-0.15, -0.1) is 0 Å². The van der Waals surface area contributed by atoms with E-state index in [1.807, 2.05) is 24.3 Å². The lowest BCUT2D eigenvalue weighted by atomic mass is 9.81. The summed E-state index contributed by atoms with van der Waals surface area (Å²) in [6.45, 7) is 3.26. The van der Waals surface area contributed by atoms with Gasteiger partial charge in [0.15, 0.2) is 0 Å². The summed E-state index contributed by atoms with van der Waals surface area (Å²) in [5, 5.41) is 9.38. The van der Waals surface area contributed by atoms with E-state index < -0.39 is 5.97 Å². The van der Waals surface area contributed by atoms with Crippen molar-refractivity contribution in [1.82, 2.24) is 0 Å². The van der Waals surface area contributed by atoms with E-state index in [-0.39, 0.29) is 11.8 Å². The molecule has 0 radical (unpaired) electrons. The molecule has 2 fully saturated rings. The molecule has 2 aromatic rings. The fraction of sp³-hybridized carbons (Fsp3) is 0.296. The Bertz CT molecular complexity index is 999. The van der Waals surface area contributed by atoms with Crippen LogP contribution in [0.4, 0.5) is 0 Å². The van der Waals surface area contributed by atoms with Crippen molar-refractivity contribution in [1.29, 1.82) is 0 Å². The van der Waals surface area contributed by atoms with Gasteiger partial charge in [-0.05, 0) is 27.8 Å². The van der Waals surface area contributed by atoms with E-state index in [0.29, 0.717) is 12.2 Å². The molecule has 5 nitrogen and oxygen atoms in total. The number of aliphatic carboxylic acids is 1. The van der Waals surface area contributed by atoms with Gasteiger partial charge in [0.05, 0.1) is 26.4 Å². The number of allylic oxidation sites excluding steroid dienone is 3. The number of epoxide rings is 2. The highest BCUT2D eigenvalue weighted by atomic mass is 16.6. The third kappa shape index (κ3) is 4.91. The fourth-order valence-corrected chi connectivity index (χ4v) is 4.26. The van der Waals surface area contributed by atoms with Gasteiger partial charge in [0, 0.05) is 17.9 Å². The van der Waals surface area contributed by atoms with Crippen molar-refractivity contribution in [3.05, 3.63) is 94.6 Å². The lowest BCUT2D eigenvalue weighted by molar-refractivity contribution is -0.131. The Hall–Kier alpha value is -2.99. The third-order valence-electron chi connectivity index (χ3n) is 6.02. The molecule has 2 saturated heterocycles. The molecule has 4 unspecified atom stereocenters. The molecular weight excluding hydrogens is 404 g/mol. The quantitative estimate of drug-likeness (QED) is 0.520. The maximum Gasteiger partial charge on any atom is 0.328 e. The highest BCUT2D eigenvalue weighted by molar-refractivity contribution is 5.83. The second-order valence-corrected chi connectivity index (χ2v) is 8.36. The molecule has 0 amide bonds. The molecule has 4 aliphatic rings. The lowest BCUT2D eigenvalue weighted by Gasteiger charge is -2.21. The summed E-state index contributed by atoms with van der Waals surface area (Å²) < 4.78 is 15.1. The molecule has 1 N–H and O–H groups in total. The predicted molar refractivity (Wildman–Crippen MR) is 122 cm³/mol. The molecule has 164 valence electrons. The van der Waals surface area contributed by atoms with E-state index in [9.17, 15) is 9.90 Å². The number of hydrogen-bond donors (Lipinski definition) is 1. The van der Waals surface area contributed by atoms with Gasteiger partial charge in [-0.25, -0.2) is 4.79 Å². The van der Waals surface area contributed by atoms with Crippen LogP contribution in [-0.2, 0) is 19.0 Å². The summed E-state index contributed by atoms with van der Waals surface area (Å²) in [7, 11) is 0. The third-order valence-corrected chi connectivity index (χ3v) is 6.02. The van der Waals surface area contributed by atoms with Crippen molar-refractivity contribution >= 4 is 18.1 Å². The number of carboxylic acid groups (broad SMARTS) is 1. The Labute approximate surface area is 187 Å². The van der Waals surface area contributed by atoms with Crippen LogP contribution in [0.3, 0.4) is 0 Å². The number of carboxylic acids is 1. The van der Waals surface area contributed by atoms with E-state index in [2.05, 4.69) is 48.6 Å². The van der Waals surface area contributed by atoms with Crippen LogP contribution in [0.5, 0.6) is 0 Å². The second-order valence-electron chi connectivity index (χ2n) is 8.36. The van der Waals surface area contributed by atoms with Gasteiger partial charge in [0.1, 0.15) is 12.2 Å². The molecule has 0 spiro atoms. The summed E-state index contributed by atoms with van der Waals surface area (Å²) in [5.74, 6) is -0.859. The molecule has 2 aromatic carbocycles. The minimum absolute atomic E-state index is 0.0168. The minimum atomic E-state index is -0.893. The molecule has 2 heterocycles. The van der Waals surface area contributed by atoms with Gasteiger partial charge in [-0.2, -0.15) is 0 Å². The predicted octanol–water partition coefficient (Wildman–Crippen LogP) is 4.42. The first-order valence-electron chi connectivity index (χ1n) is 11.0. The molecular formula is C27H26O5. The standard InChI is InChI=1S/C21H16O2.C6H10O3/c22-21(23)13-20(18-11-9-14-5-1-3-7-16(14)18)19-12-10-15-6-2-4-8-17(15)19;1(5-3-8-5)7-2-6-4-9-6/h1-13,18-19H,(H,22,23);5-6H,1-4H2. The van der Waals surface area contributed by atoms with Crippen LogP contribution in [0, 0.1) is 0 Å². The lowest BCUT2D eigenvalue weighted by Crippen LogP contribution is -2.08. The fourth-order valence-electron chi connectivity index (χ4n) is 4.26. The van der Waals surface area contributed by atoms with Crippen LogP contribution in [0.15, 0.2) is 72.3 Å². The first kappa shape index (κ1) is 20.9. The van der Waals surface area contributed by atoms with Crippen molar-refractivity contribution < 1.29 is 24.1 Å². The minimum Gasteiger partial charge on any atom is -0.478 e. The molecule has 0 bridgehead atoms. The van der Waals surface area contributed by atoms with Crippen molar-refractivity contribution in [2.75, 3.05) is 26.4 Å². The zero-order chi connectivity index (χ0) is 21.9. The van der Waals surface area contributed by atoms with Gasteiger partial charge in [-0.1, -0.05) is 72.8 Å². The SMILES string of the molecule is C(OCC1CO1)C1CO1.O=C(O)C=C(C1C=Cc2ccccc21)C1C=Cc2ccccc21. The Balaban J connectivity index is 0.000000199. The van der Waals surface area contributed by atoms with E-state index in [1.165, 1.54) is 28.3 Å². The Morgan fingerprint density at radius 2 is 1.34 bits per heavy atom. The van der Waals surface area contributed by atoms with Crippen molar-refractivity contribution in [2.45, 2.75) is 24.0 Å². The molecule has 2 aliphatic carbocycles. The summed E-state index contributed by atoms with van der Waals surface area (Å²) in [6.07, 6.45) is 10.5. The molecule has 4 atom stereocenters. The Morgan fingerprint density at radius 1 is 0.875 bits per heavy atom. The van der Waals surface area contributed by atoms with Crippen molar-refractivity contribution in [2.24, 2.45) is 0 Å². The Kier molecular flexibility index (Phi) is 6.04. The number of benzene rings is 2. The van der Waals surface area contributed by atoms with Crippen LogP contribution in [0.1, 0.15) is 34.1 Å². The first-order valence-corrected chi connectivity index (χ1v) is 11.0. The summed E-state index contributed by atoms with van der Waals surface area (Å²) in [4.78, 5) is 11.4. The molecule has 0 aromatic heterocycles. The molecule has 6 rings (SSSR count). The van der Waals surface area contributed by atoms with E-state index in [4.69, 9.17) is 14.2 Å². The number of fused-ring (bicyclic) bond motifs is 2. The summed E-state index contributed by atoms with van der Waals surface area (Å²) >= 11 is 0. The van der Waals surface area contributed by atoms with E-state index in [1.54, 1.807) is 0 Å². The van der Waals surface area contributed by atoms with Crippen LogP contribution < -0.4 is 0 Å². The van der Waals surface area contributed by atoms with Gasteiger partial charge in [0.25, 0.3) is 0 Å². The maximum absolute atomic E-state index is 11.4. The van der Waals surface area contributed by atoms with E-state index >= 15 is 0 Å². The summed E-state index contributed by atoms with van der Waals surface area (Å²) in [5.41, 5.74) is 5.61. The van der Waals surface area contributed by atoms with Crippen LogP contribution in [0.2, 0.25) is 0 Å². The average Bonchev–Trinajstić information content (AvgIpc) is 3.72. The highest BCUT2D eigenvalue weighted by Crippen LogP contribution is 2.45. The summed E-state index contributed by atoms with van der Waals surface area (Å²) in [6, 6.07) is 16.4. The largest absolute Gasteiger partial charge is 0.478 e. The van der Waals surface area contributed by atoms with Crippen LogP contribution in [-0.4, -0.2) is 49.7 Å². The van der Waals surface area contributed by atoms with Gasteiger partial charge >= 0.3 is 5.97 Å². The van der Waals surface area contributed by atoms with Crippen LogP contribution >= 0.6 is 0 Å². The number of rotatable bonds is 7. The molecule has 2 aliphatic heterocycles. The number of hydrogen-bond acceptors (Lipinski definition) is 4. The zero-order valence-corrected chi connectivity index (χ0v) is 17.7. The Morgan fingerprint density at radius 3 is 1.78 bits per heavy atom. The second kappa shape index (κ2) is 9.25. The molecule has 32 heavy (non-hydrogen) atoms.